The fraction of sp³-hybridized carbons (Fsp3) is 0.444. The highest BCUT2D eigenvalue weighted by Gasteiger charge is 2.32. The van der Waals surface area contributed by atoms with Crippen LogP contribution in [0.5, 0.6) is 0 Å². The Bertz CT molecular complexity index is 1070. The normalized spacial score (nSPS) is 21.4. The smallest absolute Gasteiger partial charge is 0.224 e. The lowest BCUT2D eigenvalue weighted by atomic mass is 9.78. The summed E-state index contributed by atoms with van der Waals surface area (Å²) in [4.78, 5) is 18.6. The molecule has 2 aliphatic rings. The molecule has 0 radical (unpaired) electrons. The van der Waals surface area contributed by atoms with Crippen molar-refractivity contribution in [2.24, 2.45) is 5.92 Å². The molecule has 2 fully saturated rings. The van der Waals surface area contributed by atoms with Crippen LogP contribution in [-0.4, -0.2) is 41.5 Å². The molecule has 2 aromatic carbocycles. The van der Waals surface area contributed by atoms with Gasteiger partial charge in [-0.25, -0.2) is 4.39 Å². The van der Waals surface area contributed by atoms with Gasteiger partial charge in [0.25, 0.3) is 0 Å². The van der Waals surface area contributed by atoms with Gasteiger partial charge in [0, 0.05) is 36.3 Å². The van der Waals surface area contributed by atoms with E-state index in [9.17, 15) is 9.18 Å². The average molecular weight is 434 g/mol. The zero-order valence-electron chi connectivity index (χ0n) is 18.6. The van der Waals surface area contributed by atoms with Crippen LogP contribution in [0.3, 0.4) is 0 Å². The Balaban J connectivity index is 1.21. The average Bonchev–Trinajstić information content (AvgIpc) is 3.23. The molecule has 4 nitrogen and oxygen atoms in total. The van der Waals surface area contributed by atoms with Crippen molar-refractivity contribution in [1.29, 1.82) is 0 Å². The molecule has 5 rings (SSSR count). The van der Waals surface area contributed by atoms with Gasteiger partial charge < -0.3 is 10.3 Å². The van der Waals surface area contributed by atoms with E-state index in [-0.39, 0.29) is 11.7 Å². The SMILES string of the molecule is O=C(Cc1c[nH]c2c(-c3ccc(F)cc3)cccc12)NCCN1CCCC2CCCCC21. The Kier molecular flexibility index (Phi) is 6.26. The first-order valence-electron chi connectivity index (χ1n) is 12.0. The van der Waals surface area contributed by atoms with E-state index in [4.69, 9.17) is 0 Å². The predicted octanol–water partition coefficient (Wildman–Crippen LogP) is 5.29. The monoisotopic (exact) mass is 433 g/mol. The number of hydrogen-bond donors (Lipinski definition) is 2. The van der Waals surface area contributed by atoms with Gasteiger partial charge in [-0.1, -0.05) is 43.2 Å². The van der Waals surface area contributed by atoms with Crippen molar-refractivity contribution in [1.82, 2.24) is 15.2 Å². The van der Waals surface area contributed by atoms with E-state index < -0.39 is 0 Å². The number of amides is 1. The molecule has 168 valence electrons. The molecule has 2 atom stereocenters. The quantitative estimate of drug-likeness (QED) is 0.555. The second-order valence-electron chi connectivity index (χ2n) is 9.37. The summed E-state index contributed by atoms with van der Waals surface area (Å²) in [7, 11) is 0. The molecular formula is C27H32FN3O. The minimum atomic E-state index is -0.242. The van der Waals surface area contributed by atoms with Crippen molar-refractivity contribution in [3.63, 3.8) is 0 Å². The van der Waals surface area contributed by atoms with Crippen LogP contribution in [-0.2, 0) is 11.2 Å². The third-order valence-corrected chi connectivity index (χ3v) is 7.39. The number of aromatic amines is 1. The van der Waals surface area contributed by atoms with Gasteiger partial charge in [-0.2, -0.15) is 0 Å². The van der Waals surface area contributed by atoms with Gasteiger partial charge in [-0.05, 0) is 61.4 Å². The number of likely N-dealkylation sites (tertiary alicyclic amines) is 1. The maximum Gasteiger partial charge on any atom is 0.224 e. The summed E-state index contributed by atoms with van der Waals surface area (Å²) in [6.45, 7) is 2.84. The van der Waals surface area contributed by atoms with Crippen molar-refractivity contribution >= 4 is 16.8 Å². The van der Waals surface area contributed by atoms with Gasteiger partial charge >= 0.3 is 0 Å². The second kappa shape index (κ2) is 9.45. The molecule has 1 saturated carbocycles. The number of fused-ring (bicyclic) bond motifs is 2. The highest BCUT2D eigenvalue weighted by molar-refractivity contribution is 5.97. The summed E-state index contributed by atoms with van der Waals surface area (Å²) in [6, 6.07) is 13.3. The molecule has 1 aromatic heterocycles. The fourth-order valence-electron chi connectivity index (χ4n) is 5.81. The highest BCUT2D eigenvalue weighted by Crippen LogP contribution is 2.35. The van der Waals surface area contributed by atoms with Crippen LogP contribution in [0, 0.1) is 11.7 Å². The Morgan fingerprint density at radius 3 is 2.75 bits per heavy atom. The molecule has 5 heteroatoms. The zero-order chi connectivity index (χ0) is 21.9. The number of aromatic nitrogens is 1. The summed E-state index contributed by atoms with van der Waals surface area (Å²) >= 11 is 0. The van der Waals surface area contributed by atoms with Crippen molar-refractivity contribution < 1.29 is 9.18 Å². The van der Waals surface area contributed by atoms with E-state index in [1.54, 1.807) is 12.1 Å². The lowest BCUT2D eigenvalue weighted by Crippen LogP contribution is -2.49. The minimum absolute atomic E-state index is 0.0651. The number of hydrogen-bond acceptors (Lipinski definition) is 2. The van der Waals surface area contributed by atoms with Gasteiger partial charge in [0.1, 0.15) is 5.82 Å². The van der Waals surface area contributed by atoms with Crippen molar-refractivity contribution in [2.45, 2.75) is 51.0 Å². The standard InChI is InChI=1S/C27H32FN3O/c28-22-12-10-19(11-13-22)23-7-3-8-24-21(18-30-27(23)24)17-26(32)29-14-16-31-15-4-6-20-5-1-2-9-25(20)31/h3,7-8,10-13,18,20,25,30H,1-2,4-6,9,14-17H2,(H,29,32). The van der Waals surface area contributed by atoms with Crippen LogP contribution in [0.2, 0.25) is 0 Å². The maximum absolute atomic E-state index is 13.3. The van der Waals surface area contributed by atoms with Crippen LogP contribution in [0.1, 0.15) is 44.1 Å². The van der Waals surface area contributed by atoms with E-state index in [1.165, 1.54) is 57.2 Å². The number of rotatable bonds is 6. The lowest BCUT2D eigenvalue weighted by Gasteiger charge is -2.44. The summed E-state index contributed by atoms with van der Waals surface area (Å²) in [5.41, 5.74) is 3.95. The van der Waals surface area contributed by atoms with E-state index in [2.05, 4.69) is 15.2 Å². The Hall–Kier alpha value is -2.66. The van der Waals surface area contributed by atoms with Gasteiger partial charge in [0.15, 0.2) is 0 Å². The molecule has 0 bridgehead atoms. The molecule has 1 saturated heterocycles. The number of nitrogens with zero attached hydrogens (tertiary/aromatic N) is 1. The van der Waals surface area contributed by atoms with Crippen LogP contribution in [0.4, 0.5) is 4.39 Å². The van der Waals surface area contributed by atoms with Gasteiger partial charge in [-0.3, -0.25) is 9.69 Å². The summed E-state index contributed by atoms with van der Waals surface area (Å²) in [6.07, 6.45) is 10.4. The molecule has 32 heavy (non-hydrogen) atoms. The van der Waals surface area contributed by atoms with Gasteiger partial charge in [0.05, 0.1) is 11.9 Å². The number of carbonyl (C=O) groups excluding carboxylic acids is 1. The van der Waals surface area contributed by atoms with Gasteiger partial charge in [-0.15, -0.1) is 0 Å². The zero-order valence-corrected chi connectivity index (χ0v) is 18.6. The van der Waals surface area contributed by atoms with Crippen LogP contribution >= 0.6 is 0 Å². The number of carbonyl (C=O) groups is 1. The molecule has 2 N–H and O–H groups in total. The van der Waals surface area contributed by atoms with E-state index in [0.717, 1.165) is 46.1 Å². The van der Waals surface area contributed by atoms with Crippen molar-refractivity contribution in [3.8, 4) is 11.1 Å². The molecule has 1 aliphatic carbocycles. The second-order valence-corrected chi connectivity index (χ2v) is 9.37. The molecular weight excluding hydrogens is 401 g/mol. The first-order chi connectivity index (χ1) is 15.7. The molecule has 1 aliphatic heterocycles. The third kappa shape index (κ3) is 4.44. The number of H-pyrrole nitrogens is 1. The first kappa shape index (κ1) is 21.2. The number of para-hydroxylation sites is 1. The Morgan fingerprint density at radius 2 is 1.88 bits per heavy atom. The predicted molar refractivity (Wildman–Crippen MR) is 127 cm³/mol. The third-order valence-electron chi connectivity index (χ3n) is 7.39. The highest BCUT2D eigenvalue weighted by atomic mass is 19.1. The van der Waals surface area contributed by atoms with Crippen LogP contribution in [0.15, 0.2) is 48.7 Å². The molecule has 2 heterocycles. The number of halogens is 1. The van der Waals surface area contributed by atoms with Crippen molar-refractivity contribution in [2.75, 3.05) is 19.6 Å². The fourth-order valence-corrected chi connectivity index (χ4v) is 5.81. The lowest BCUT2D eigenvalue weighted by molar-refractivity contribution is -0.120. The maximum atomic E-state index is 13.3. The van der Waals surface area contributed by atoms with Crippen LogP contribution < -0.4 is 5.32 Å². The summed E-state index contributed by atoms with van der Waals surface area (Å²) < 4.78 is 13.3. The molecule has 0 spiro atoms. The topological polar surface area (TPSA) is 48.1 Å². The van der Waals surface area contributed by atoms with Crippen molar-refractivity contribution in [3.05, 3.63) is 60.0 Å². The number of benzene rings is 2. The van der Waals surface area contributed by atoms with Gasteiger partial charge in [0.2, 0.25) is 5.91 Å². The van der Waals surface area contributed by atoms with Crippen LogP contribution in [0.25, 0.3) is 22.0 Å². The Morgan fingerprint density at radius 1 is 1.06 bits per heavy atom. The molecule has 1 amide bonds. The molecule has 3 aromatic rings. The summed E-state index contributed by atoms with van der Waals surface area (Å²) in [5, 5.41) is 4.19. The van der Waals surface area contributed by atoms with E-state index in [0.29, 0.717) is 13.0 Å². The number of piperidine rings is 1. The van der Waals surface area contributed by atoms with E-state index in [1.807, 2.05) is 24.4 Å². The minimum Gasteiger partial charge on any atom is -0.360 e. The summed E-state index contributed by atoms with van der Waals surface area (Å²) in [5.74, 6) is 0.693. The molecule has 2 unspecified atom stereocenters. The number of nitrogens with one attached hydrogen (secondary N) is 2. The first-order valence-corrected chi connectivity index (χ1v) is 12.0. The Labute approximate surface area is 189 Å². The van der Waals surface area contributed by atoms with E-state index >= 15 is 0 Å². The largest absolute Gasteiger partial charge is 0.360 e.